The van der Waals surface area contributed by atoms with Crippen LogP contribution in [-0.2, 0) is 13.6 Å². The minimum atomic E-state index is -0.281. The van der Waals surface area contributed by atoms with Gasteiger partial charge in [0.1, 0.15) is 6.33 Å². The second kappa shape index (κ2) is 7.28. The Hall–Kier alpha value is -3.07. The van der Waals surface area contributed by atoms with E-state index >= 15 is 0 Å². The average molecular weight is 367 g/mol. The van der Waals surface area contributed by atoms with Gasteiger partial charge >= 0.3 is 0 Å². The van der Waals surface area contributed by atoms with Gasteiger partial charge in [-0.05, 0) is 46.9 Å². The second-order valence-electron chi connectivity index (χ2n) is 6.99. The van der Waals surface area contributed by atoms with Crippen LogP contribution in [0.4, 0.5) is 0 Å². The van der Waals surface area contributed by atoms with Crippen LogP contribution >= 0.6 is 0 Å². The molecular formula is C18H21N7O2. The molecule has 1 atom stereocenters. The Bertz CT molecular complexity index is 898. The molecule has 1 fully saturated rings. The quantitative estimate of drug-likeness (QED) is 0.663. The molecule has 1 saturated carbocycles. The number of aryl methyl sites for hydroxylation is 1. The number of aliphatic hydroxyl groups excluding tert-OH is 1. The molecule has 1 aliphatic rings. The first kappa shape index (κ1) is 17.3. The van der Waals surface area contributed by atoms with Crippen LogP contribution in [0, 0.1) is 5.92 Å². The minimum absolute atomic E-state index is 0.140. The summed E-state index contributed by atoms with van der Waals surface area (Å²) in [7, 11) is 1.85. The monoisotopic (exact) mass is 367 g/mol. The fraction of sp³-hybridized carbons (Fsp3) is 0.389. The van der Waals surface area contributed by atoms with Crippen LogP contribution in [0.2, 0.25) is 0 Å². The molecular weight excluding hydrogens is 346 g/mol. The molecule has 4 rings (SSSR count). The van der Waals surface area contributed by atoms with Gasteiger partial charge < -0.3 is 10.4 Å². The Labute approximate surface area is 156 Å². The van der Waals surface area contributed by atoms with Gasteiger partial charge in [0.15, 0.2) is 0 Å². The average Bonchev–Trinajstić information content (AvgIpc) is 3.29. The van der Waals surface area contributed by atoms with E-state index in [4.69, 9.17) is 0 Å². The van der Waals surface area contributed by atoms with Crippen molar-refractivity contribution in [3.8, 4) is 0 Å². The molecule has 3 aromatic rings. The third-order valence-corrected chi connectivity index (χ3v) is 4.94. The van der Waals surface area contributed by atoms with E-state index in [1.54, 1.807) is 34.0 Å². The van der Waals surface area contributed by atoms with Gasteiger partial charge in [0.2, 0.25) is 0 Å². The van der Waals surface area contributed by atoms with Gasteiger partial charge in [0.05, 0.1) is 24.9 Å². The molecule has 1 aliphatic carbocycles. The van der Waals surface area contributed by atoms with Gasteiger partial charge in [-0.2, -0.15) is 5.10 Å². The number of hydrogen-bond acceptors (Lipinski definition) is 6. The molecule has 0 bridgehead atoms. The Kier molecular flexibility index (Phi) is 4.68. The van der Waals surface area contributed by atoms with E-state index in [2.05, 4.69) is 25.9 Å². The first-order valence-electron chi connectivity index (χ1n) is 8.85. The SMILES string of the molecule is Cn1cc([C@@H](NC(=O)c2ccc(Cn3cnnn3)cc2)C2CC(O)C2)cn1. The van der Waals surface area contributed by atoms with E-state index < -0.39 is 0 Å². The fourth-order valence-electron chi connectivity index (χ4n) is 3.40. The molecule has 9 heteroatoms. The summed E-state index contributed by atoms with van der Waals surface area (Å²) in [4.78, 5) is 12.8. The summed E-state index contributed by atoms with van der Waals surface area (Å²) in [6, 6.07) is 7.22. The molecule has 140 valence electrons. The van der Waals surface area contributed by atoms with Crippen molar-refractivity contribution in [2.24, 2.45) is 13.0 Å². The molecule has 0 spiro atoms. The highest BCUT2D eigenvalue weighted by Gasteiger charge is 2.36. The van der Waals surface area contributed by atoms with E-state index in [1.165, 1.54) is 0 Å². The summed E-state index contributed by atoms with van der Waals surface area (Å²) in [5.41, 5.74) is 2.55. The summed E-state index contributed by atoms with van der Waals surface area (Å²) in [6.07, 6.45) is 6.31. The highest BCUT2D eigenvalue weighted by molar-refractivity contribution is 5.94. The topological polar surface area (TPSA) is 111 Å². The number of aliphatic hydroxyl groups is 1. The minimum Gasteiger partial charge on any atom is -0.393 e. The second-order valence-corrected chi connectivity index (χ2v) is 6.99. The van der Waals surface area contributed by atoms with Crippen molar-refractivity contribution in [3.05, 3.63) is 59.7 Å². The Morgan fingerprint density at radius 1 is 1.33 bits per heavy atom. The lowest BCUT2D eigenvalue weighted by Gasteiger charge is -2.37. The van der Waals surface area contributed by atoms with E-state index in [-0.39, 0.29) is 24.0 Å². The number of aromatic nitrogens is 6. The van der Waals surface area contributed by atoms with E-state index in [0.29, 0.717) is 24.9 Å². The highest BCUT2D eigenvalue weighted by atomic mass is 16.3. The molecule has 0 radical (unpaired) electrons. The number of tetrazole rings is 1. The Morgan fingerprint density at radius 3 is 2.70 bits per heavy atom. The van der Waals surface area contributed by atoms with Crippen LogP contribution in [0.3, 0.4) is 0 Å². The summed E-state index contributed by atoms with van der Waals surface area (Å²) in [5, 5.41) is 28.0. The maximum absolute atomic E-state index is 12.8. The lowest BCUT2D eigenvalue weighted by Crippen LogP contribution is -2.41. The zero-order valence-electron chi connectivity index (χ0n) is 14.9. The number of amides is 1. The van der Waals surface area contributed by atoms with Gasteiger partial charge in [-0.15, -0.1) is 5.10 Å². The molecule has 1 aromatic carbocycles. The standard InChI is InChI=1S/C18H21N7O2/c1-24-10-15(8-20-24)17(14-6-16(26)7-14)21-18(27)13-4-2-12(3-5-13)9-25-11-19-22-23-25/h2-5,8,10-11,14,16-17,26H,6-7,9H2,1H3,(H,21,27)/t14?,16?,17-/m0/s1. The number of nitrogens with one attached hydrogen (secondary N) is 1. The van der Waals surface area contributed by atoms with Gasteiger partial charge in [-0.25, -0.2) is 4.68 Å². The highest BCUT2D eigenvalue weighted by Crippen LogP contribution is 2.38. The van der Waals surface area contributed by atoms with Crippen molar-refractivity contribution in [2.75, 3.05) is 0 Å². The van der Waals surface area contributed by atoms with Gasteiger partial charge in [0.25, 0.3) is 5.91 Å². The van der Waals surface area contributed by atoms with Crippen LogP contribution < -0.4 is 5.32 Å². The van der Waals surface area contributed by atoms with Gasteiger partial charge in [-0.1, -0.05) is 12.1 Å². The zero-order chi connectivity index (χ0) is 18.8. The number of carbonyl (C=O) groups is 1. The predicted molar refractivity (Wildman–Crippen MR) is 95.5 cm³/mol. The summed E-state index contributed by atoms with van der Waals surface area (Å²) >= 11 is 0. The first-order chi connectivity index (χ1) is 13.1. The molecule has 2 heterocycles. The first-order valence-corrected chi connectivity index (χ1v) is 8.85. The van der Waals surface area contributed by atoms with Gasteiger partial charge in [0, 0.05) is 24.4 Å². The van der Waals surface area contributed by atoms with Crippen LogP contribution in [0.25, 0.3) is 0 Å². The van der Waals surface area contributed by atoms with E-state index in [0.717, 1.165) is 11.1 Å². The van der Waals surface area contributed by atoms with Crippen LogP contribution in [0.15, 0.2) is 43.0 Å². The summed E-state index contributed by atoms with van der Waals surface area (Å²) in [5.74, 6) is 0.0754. The van der Waals surface area contributed by atoms with E-state index in [1.807, 2.05) is 25.4 Å². The molecule has 0 saturated heterocycles. The van der Waals surface area contributed by atoms with Crippen molar-refractivity contribution in [1.82, 2.24) is 35.3 Å². The number of rotatable bonds is 6. The van der Waals surface area contributed by atoms with Gasteiger partial charge in [-0.3, -0.25) is 9.48 Å². The predicted octanol–water partition coefficient (Wildman–Crippen LogP) is 0.697. The Morgan fingerprint density at radius 2 is 2.11 bits per heavy atom. The van der Waals surface area contributed by atoms with Crippen molar-refractivity contribution >= 4 is 5.91 Å². The number of nitrogens with zero attached hydrogens (tertiary/aromatic N) is 6. The largest absolute Gasteiger partial charge is 0.393 e. The molecule has 2 aromatic heterocycles. The maximum atomic E-state index is 12.8. The van der Waals surface area contributed by atoms with Crippen LogP contribution in [0.1, 0.15) is 40.4 Å². The van der Waals surface area contributed by atoms with E-state index in [9.17, 15) is 9.90 Å². The molecule has 0 unspecified atom stereocenters. The number of carbonyl (C=O) groups excluding carboxylic acids is 1. The van der Waals surface area contributed by atoms with Crippen molar-refractivity contribution < 1.29 is 9.90 Å². The normalized spacial score (nSPS) is 20.1. The maximum Gasteiger partial charge on any atom is 0.251 e. The van der Waals surface area contributed by atoms with Crippen molar-refractivity contribution in [3.63, 3.8) is 0 Å². The van der Waals surface area contributed by atoms with Crippen molar-refractivity contribution in [2.45, 2.75) is 31.5 Å². The Balaban J connectivity index is 1.45. The third-order valence-electron chi connectivity index (χ3n) is 4.94. The summed E-state index contributed by atoms with van der Waals surface area (Å²) < 4.78 is 3.34. The molecule has 1 amide bonds. The fourth-order valence-corrected chi connectivity index (χ4v) is 3.40. The van der Waals surface area contributed by atoms with Crippen LogP contribution in [0.5, 0.6) is 0 Å². The van der Waals surface area contributed by atoms with Crippen LogP contribution in [-0.4, -0.2) is 47.1 Å². The lowest BCUT2D eigenvalue weighted by atomic mass is 9.75. The zero-order valence-corrected chi connectivity index (χ0v) is 14.9. The number of hydrogen-bond donors (Lipinski definition) is 2. The van der Waals surface area contributed by atoms with Crippen molar-refractivity contribution in [1.29, 1.82) is 0 Å². The summed E-state index contributed by atoms with van der Waals surface area (Å²) in [6.45, 7) is 0.549. The third kappa shape index (κ3) is 3.87. The number of benzene rings is 1. The molecule has 9 nitrogen and oxygen atoms in total. The lowest BCUT2D eigenvalue weighted by molar-refractivity contribution is 0.0235. The molecule has 0 aliphatic heterocycles. The smallest absolute Gasteiger partial charge is 0.251 e. The molecule has 27 heavy (non-hydrogen) atoms. The molecule has 2 N–H and O–H groups in total.